The zero-order valence-corrected chi connectivity index (χ0v) is 16.9. The van der Waals surface area contributed by atoms with Gasteiger partial charge >= 0.3 is 0 Å². The van der Waals surface area contributed by atoms with Crippen molar-refractivity contribution in [1.29, 1.82) is 0 Å². The molecule has 0 radical (unpaired) electrons. The number of nitrogens with zero attached hydrogens (tertiary/aromatic N) is 1. The van der Waals surface area contributed by atoms with Crippen LogP contribution in [0.1, 0.15) is 37.3 Å². The third kappa shape index (κ3) is 3.68. The van der Waals surface area contributed by atoms with Crippen LogP contribution in [-0.4, -0.2) is 20.5 Å². The fourth-order valence-corrected chi connectivity index (χ4v) is 4.86. The van der Waals surface area contributed by atoms with Crippen molar-refractivity contribution in [2.24, 2.45) is 0 Å². The van der Waals surface area contributed by atoms with Gasteiger partial charge in [-0.15, -0.1) is 11.3 Å². The van der Waals surface area contributed by atoms with E-state index in [9.17, 15) is 8.42 Å². The van der Waals surface area contributed by atoms with Crippen LogP contribution in [0, 0.1) is 0 Å². The van der Waals surface area contributed by atoms with Gasteiger partial charge in [0.1, 0.15) is 10.6 Å². The summed E-state index contributed by atoms with van der Waals surface area (Å²) in [6, 6.07) is 10.7. The molecule has 0 unspecified atom stereocenters. The highest BCUT2D eigenvalue weighted by Gasteiger charge is 2.21. The first-order valence-corrected chi connectivity index (χ1v) is 10.7. The maximum atomic E-state index is 13.0. The summed E-state index contributed by atoms with van der Waals surface area (Å²) in [6.07, 6.45) is 0.861. The van der Waals surface area contributed by atoms with Crippen LogP contribution in [0.15, 0.2) is 41.3 Å². The molecule has 0 saturated carbocycles. The number of ether oxygens (including phenoxy) is 1. The summed E-state index contributed by atoms with van der Waals surface area (Å²) in [5.74, 6) is 0.546. The Kier molecular flexibility index (Phi) is 5.20. The minimum atomic E-state index is -3.77. The lowest BCUT2D eigenvalue weighted by Crippen LogP contribution is -2.14. The summed E-state index contributed by atoms with van der Waals surface area (Å²) >= 11 is 1.58. The van der Waals surface area contributed by atoms with Gasteiger partial charge in [-0.3, -0.25) is 4.72 Å². The molecule has 0 aliphatic heterocycles. The number of aromatic nitrogens is 1. The van der Waals surface area contributed by atoms with Crippen LogP contribution in [0.3, 0.4) is 0 Å². The van der Waals surface area contributed by atoms with Gasteiger partial charge in [0, 0.05) is 0 Å². The second kappa shape index (κ2) is 7.25. The number of anilines is 1. The van der Waals surface area contributed by atoms with Gasteiger partial charge in [0.25, 0.3) is 10.0 Å². The molecule has 0 saturated heterocycles. The van der Waals surface area contributed by atoms with Gasteiger partial charge in [0.15, 0.2) is 0 Å². The molecule has 0 bridgehead atoms. The molecule has 5 nitrogen and oxygen atoms in total. The van der Waals surface area contributed by atoms with Gasteiger partial charge < -0.3 is 4.74 Å². The minimum absolute atomic E-state index is 0.143. The van der Waals surface area contributed by atoms with E-state index >= 15 is 0 Å². The van der Waals surface area contributed by atoms with Crippen LogP contribution >= 0.6 is 11.3 Å². The molecule has 0 amide bonds. The first-order chi connectivity index (χ1) is 12.3. The van der Waals surface area contributed by atoms with Crippen molar-refractivity contribution in [1.82, 2.24) is 4.98 Å². The maximum Gasteiger partial charge on any atom is 0.265 e. The van der Waals surface area contributed by atoms with Crippen molar-refractivity contribution >= 4 is 37.3 Å². The van der Waals surface area contributed by atoms with E-state index in [1.165, 1.54) is 7.11 Å². The molecule has 7 heteroatoms. The van der Waals surface area contributed by atoms with E-state index in [1.807, 2.05) is 32.0 Å². The molecule has 0 fully saturated rings. The lowest BCUT2D eigenvalue weighted by Gasteiger charge is -2.14. The number of methoxy groups -OCH3 is 1. The molecule has 1 N–H and O–H groups in total. The largest absolute Gasteiger partial charge is 0.495 e. The number of fused-ring (bicyclic) bond motifs is 1. The summed E-state index contributed by atoms with van der Waals surface area (Å²) in [5, 5.41) is 1.03. The van der Waals surface area contributed by atoms with E-state index in [1.54, 1.807) is 29.5 Å². The van der Waals surface area contributed by atoms with E-state index in [0.717, 1.165) is 27.2 Å². The molecule has 138 valence electrons. The second-order valence-corrected chi connectivity index (χ2v) is 9.08. The predicted octanol–water partition coefficient (Wildman–Crippen LogP) is 4.79. The van der Waals surface area contributed by atoms with Crippen LogP contribution in [0.25, 0.3) is 10.2 Å². The molecule has 2 aromatic carbocycles. The van der Waals surface area contributed by atoms with E-state index < -0.39 is 10.0 Å². The Balaban J connectivity index is 1.99. The highest BCUT2D eigenvalue weighted by molar-refractivity contribution is 7.92. The van der Waals surface area contributed by atoms with E-state index in [-0.39, 0.29) is 10.8 Å². The third-order valence-electron chi connectivity index (χ3n) is 4.13. The molecule has 0 spiro atoms. The molecule has 3 aromatic rings. The quantitative estimate of drug-likeness (QED) is 0.657. The third-order valence-corrected chi connectivity index (χ3v) is 6.70. The van der Waals surface area contributed by atoms with Crippen molar-refractivity contribution in [3.8, 4) is 5.75 Å². The molecule has 1 heterocycles. The number of benzene rings is 2. The Hall–Kier alpha value is -2.12. The first-order valence-electron chi connectivity index (χ1n) is 8.44. The Morgan fingerprint density at radius 3 is 2.62 bits per heavy atom. The molecule has 0 atom stereocenters. The maximum absolute atomic E-state index is 13.0. The van der Waals surface area contributed by atoms with Gasteiger partial charge in [-0.2, -0.15) is 0 Å². The van der Waals surface area contributed by atoms with Gasteiger partial charge in [-0.25, -0.2) is 13.4 Å². The lowest BCUT2D eigenvalue weighted by molar-refractivity contribution is 0.402. The SMILES string of the molecule is CCc1nc2ccc(NS(=O)(=O)c3cc(C(C)C)ccc3OC)cc2s1. The van der Waals surface area contributed by atoms with Gasteiger partial charge in [-0.1, -0.05) is 26.8 Å². The smallest absolute Gasteiger partial charge is 0.265 e. The average Bonchev–Trinajstić information content (AvgIpc) is 3.03. The Morgan fingerprint density at radius 1 is 1.19 bits per heavy atom. The number of sulfonamides is 1. The number of hydrogen-bond donors (Lipinski definition) is 1. The molecular weight excluding hydrogens is 368 g/mol. The Labute approximate surface area is 158 Å². The van der Waals surface area contributed by atoms with Crippen LogP contribution in [0.4, 0.5) is 5.69 Å². The van der Waals surface area contributed by atoms with Gasteiger partial charge in [0.2, 0.25) is 0 Å². The molecular formula is C19H22N2O3S2. The van der Waals surface area contributed by atoms with Gasteiger partial charge in [-0.05, 0) is 48.2 Å². The predicted molar refractivity (Wildman–Crippen MR) is 107 cm³/mol. The first kappa shape index (κ1) is 18.7. The molecule has 0 aliphatic carbocycles. The zero-order chi connectivity index (χ0) is 18.9. The summed E-state index contributed by atoms with van der Waals surface area (Å²) < 4.78 is 34.8. The van der Waals surface area contributed by atoms with Gasteiger partial charge in [0.05, 0.1) is 28.0 Å². The molecule has 3 rings (SSSR count). The number of nitrogens with one attached hydrogen (secondary N) is 1. The normalized spacial score (nSPS) is 11.9. The summed E-state index contributed by atoms with van der Waals surface area (Å²) in [6.45, 7) is 6.10. The topological polar surface area (TPSA) is 68.3 Å². The van der Waals surface area contributed by atoms with Crippen molar-refractivity contribution in [2.75, 3.05) is 11.8 Å². The van der Waals surface area contributed by atoms with Crippen molar-refractivity contribution < 1.29 is 13.2 Å². The number of rotatable bonds is 6. The van der Waals surface area contributed by atoms with Crippen LogP contribution in [-0.2, 0) is 16.4 Å². The fraction of sp³-hybridized carbons (Fsp3) is 0.316. The standard InChI is InChI=1S/C19H22N2O3S2/c1-5-19-20-15-8-7-14(11-17(15)25-19)21-26(22,23)18-10-13(12(2)3)6-9-16(18)24-4/h6-12,21H,5H2,1-4H3. The molecule has 0 aliphatic rings. The summed E-state index contributed by atoms with van der Waals surface area (Å²) in [4.78, 5) is 4.65. The number of hydrogen-bond acceptors (Lipinski definition) is 5. The molecule has 26 heavy (non-hydrogen) atoms. The summed E-state index contributed by atoms with van der Waals surface area (Å²) in [5.41, 5.74) is 2.34. The Bertz CT molecular complexity index is 1040. The van der Waals surface area contributed by atoms with E-state index in [0.29, 0.717) is 11.4 Å². The van der Waals surface area contributed by atoms with Crippen LogP contribution < -0.4 is 9.46 Å². The lowest BCUT2D eigenvalue weighted by atomic mass is 10.0. The van der Waals surface area contributed by atoms with Crippen molar-refractivity contribution in [3.05, 3.63) is 47.0 Å². The van der Waals surface area contributed by atoms with E-state index in [4.69, 9.17) is 4.74 Å². The molecule has 1 aromatic heterocycles. The summed E-state index contributed by atoms with van der Waals surface area (Å²) in [7, 11) is -2.30. The number of aryl methyl sites for hydroxylation is 1. The minimum Gasteiger partial charge on any atom is -0.495 e. The fourth-order valence-electron chi connectivity index (χ4n) is 2.66. The monoisotopic (exact) mass is 390 g/mol. The van der Waals surface area contributed by atoms with Crippen LogP contribution in [0.5, 0.6) is 5.75 Å². The second-order valence-electron chi connectivity index (χ2n) is 6.31. The highest BCUT2D eigenvalue weighted by Crippen LogP contribution is 2.31. The number of thiazole rings is 1. The highest BCUT2D eigenvalue weighted by atomic mass is 32.2. The van der Waals surface area contributed by atoms with E-state index in [2.05, 4.69) is 16.6 Å². The van der Waals surface area contributed by atoms with Crippen molar-refractivity contribution in [2.45, 2.75) is 38.0 Å². The van der Waals surface area contributed by atoms with Crippen LogP contribution in [0.2, 0.25) is 0 Å². The zero-order valence-electron chi connectivity index (χ0n) is 15.2. The van der Waals surface area contributed by atoms with Crippen molar-refractivity contribution in [3.63, 3.8) is 0 Å². The Morgan fingerprint density at radius 2 is 1.96 bits per heavy atom. The average molecular weight is 391 g/mol.